The molecule has 3 nitrogen and oxygen atoms in total. The second-order valence-electron chi connectivity index (χ2n) is 4.52. The van der Waals surface area contributed by atoms with Crippen molar-refractivity contribution in [3.8, 4) is 5.75 Å². The fourth-order valence-corrected chi connectivity index (χ4v) is 1.90. The van der Waals surface area contributed by atoms with Crippen molar-refractivity contribution in [1.29, 1.82) is 0 Å². The van der Waals surface area contributed by atoms with E-state index in [4.69, 9.17) is 4.74 Å². The molecule has 0 bridgehead atoms. The molecule has 0 aliphatic rings. The summed E-state index contributed by atoms with van der Waals surface area (Å²) in [5.41, 5.74) is 1.16. The molecule has 0 saturated carbocycles. The molecule has 0 saturated heterocycles. The summed E-state index contributed by atoms with van der Waals surface area (Å²) < 4.78 is 5.96. The first-order chi connectivity index (χ1) is 8.08. The van der Waals surface area contributed by atoms with Gasteiger partial charge in [-0.15, -0.1) is 0 Å². The lowest BCUT2D eigenvalue weighted by molar-refractivity contribution is 0.172. The van der Waals surface area contributed by atoms with Crippen LogP contribution < -0.4 is 15.0 Å². The molecule has 0 heterocycles. The van der Waals surface area contributed by atoms with Crippen molar-refractivity contribution in [1.82, 2.24) is 5.32 Å². The van der Waals surface area contributed by atoms with Gasteiger partial charge in [0.2, 0.25) is 0 Å². The van der Waals surface area contributed by atoms with Crippen molar-refractivity contribution < 1.29 is 4.74 Å². The Morgan fingerprint density at radius 3 is 2.59 bits per heavy atom. The SMILES string of the molecule is CCC(NC)C(C)Oc1cccc(N(C)C)c1. The first kappa shape index (κ1) is 13.8. The molecule has 1 aromatic carbocycles. The molecule has 2 atom stereocenters. The van der Waals surface area contributed by atoms with E-state index in [9.17, 15) is 0 Å². The van der Waals surface area contributed by atoms with Crippen molar-refractivity contribution in [3.63, 3.8) is 0 Å². The molecule has 0 spiro atoms. The third kappa shape index (κ3) is 3.93. The number of hydrogen-bond donors (Lipinski definition) is 1. The third-order valence-corrected chi connectivity index (χ3v) is 3.03. The van der Waals surface area contributed by atoms with Gasteiger partial charge in [-0.25, -0.2) is 0 Å². The highest BCUT2D eigenvalue weighted by Crippen LogP contribution is 2.21. The molecular weight excluding hydrogens is 212 g/mol. The highest BCUT2D eigenvalue weighted by molar-refractivity contribution is 5.49. The summed E-state index contributed by atoms with van der Waals surface area (Å²) in [6.07, 6.45) is 1.23. The van der Waals surface area contributed by atoms with E-state index in [1.54, 1.807) is 0 Å². The van der Waals surface area contributed by atoms with Crippen LogP contribution in [0.1, 0.15) is 20.3 Å². The molecule has 1 rings (SSSR count). The second kappa shape index (κ2) is 6.50. The Balaban J connectivity index is 2.70. The van der Waals surface area contributed by atoms with E-state index in [-0.39, 0.29) is 6.10 Å². The summed E-state index contributed by atoms with van der Waals surface area (Å²) in [5.74, 6) is 0.928. The summed E-state index contributed by atoms with van der Waals surface area (Å²) in [6, 6.07) is 8.56. The molecule has 96 valence electrons. The second-order valence-corrected chi connectivity index (χ2v) is 4.52. The number of rotatable bonds is 6. The van der Waals surface area contributed by atoms with Crippen LogP contribution in [0.4, 0.5) is 5.69 Å². The molecule has 1 aromatic rings. The van der Waals surface area contributed by atoms with Crippen LogP contribution >= 0.6 is 0 Å². The first-order valence-corrected chi connectivity index (χ1v) is 6.19. The number of benzene rings is 1. The molecule has 2 unspecified atom stereocenters. The molecule has 0 fully saturated rings. The highest BCUT2D eigenvalue weighted by Gasteiger charge is 2.14. The van der Waals surface area contributed by atoms with Gasteiger partial charge in [0.25, 0.3) is 0 Å². The van der Waals surface area contributed by atoms with Crippen LogP contribution in [0.15, 0.2) is 24.3 Å². The average molecular weight is 236 g/mol. The van der Waals surface area contributed by atoms with Crippen LogP contribution in [0.25, 0.3) is 0 Å². The Morgan fingerprint density at radius 2 is 2.06 bits per heavy atom. The first-order valence-electron chi connectivity index (χ1n) is 6.19. The van der Waals surface area contributed by atoms with Gasteiger partial charge in [-0.3, -0.25) is 0 Å². The predicted octanol–water partition coefficient (Wildman–Crippen LogP) is 2.52. The Labute approximate surface area is 105 Å². The minimum absolute atomic E-state index is 0.169. The molecule has 0 radical (unpaired) electrons. The normalized spacial score (nSPS) is 14.2. The number of hydrogen-bond acceptors (Lipinski definition) is 3. The van der Waals surface area contributed by atoms with Gasteiger partial charge >= 0.3 is 0 Å². The topological polar surface area (TPSA) is 24.5 Å². The van der Waals surface area contributed by atoms with Crippen LogP contribution in [-0.4, -0.2) is 33.3 Å². The standard InChI is InChI=1S/C14H24N2O/c1-6-14(15-3)11(2)17-13-9-7-8-12(10-13)16(4)5/h7-11,14-15H,6H2,1-5H3. The Kier molecular flexibility index (Phi) is 5.29. The maximum Gasteiger partial charge on any atom is 0.121 e. The maximum absolute atomic E-state index is 5.96. The summed E-state index contributed by atoms with van der Waals surface area (Å²) in [6.45, 7) is 4.27. The molecule has 0 aromatic heterocycles. The quantitative estimate of drug-likeness (QED) is 0.821. The fraction of sp³-hybridized carbons (Fsp3) is 0.571. The zero-order chi connectivity index (χ0) is 12.8. The monoisotopic (exact) mass is 236 g/mol. The van der Waals surface area contributed by atoms with Crippen LogP contribution in [0, 0.1) is 0 Å². The zero-order valence-electron chi connectivity index (χ0n) is 11.5. The fourth-order valence-electron chi connectivity index (χ4n) is 1.90. The molecule has 17 heavy (non-hydrogen) atoms. The van der Waals surface area contributed by atoms with Gasteiger partial charge in [0, 0.05) is 31.9 Å². The van der Waals surface area contributed by atoms with Gasteiger partial charge in [0.05, 0.1) is 0 Å². The van der Waals surface area contributed by atoms with Crippen molar-refractivity contribution in [2.24, 2.45) is 0 Å². The summed E-state index contributed by atoms with van der Waals surface area (Å²) in [7, 11) is 6.04. The number of nitrogens with zero attached hydrogens (tertiary/aromatic N) is 1. The van der Waals surface area contributed by atoms with E-state index in [0.717, 1.165) is 17.9 Å². The molecule has 3 heteroatoms. The van der Waals surface area contributed by atoms with Gasteiger partial charge in [-0.05, 0) is 32.5 Å². The third-order valence-electron chi connectivity index (χ3n) is 3.03. The van der Waals surface area contributed by atoms with Crippen LogP contribution in [0.5, 0.6) is 5.75 Å². The van der Waals surface area contributed by atoms with Crippen LogP contribution in [0.3, 0.4) is 0 Å². The molecular formula is C14H24N2O. The average Bonchev–Trinajstić information content (AvgIpc) is 2.30. The maximum atomic E-state index is 5.96. The largest absolute Gasteiger partial charge is 0.489 e. The Bertz CT molecular complexity index is 335. The smallest absolute Gasteiger partial charge is 0.121 e. The van der Waals surface area contributed by atoms with Crippen molar-refractivity contribution >= 4 is 5.69 Å². The molecule has 0 aliphatic carbocycles. The van der Waals surface area contributed by atoms with Gasteiger partial charge in [0.1, 0.15) is 11.9 Å². The van der Waals surface area contributed by atoms with Gasteiger partial charge in [-0.2, -0.15) is 0 Å². The highest BCUT2D eigenvalue weighted by atomic mass is 16.5. The minimum Gasteiger partial charge on any atom is -0.489 e. The van der Waals surface area contributed by atoms with E-state index in [1.165, 1.54) is 0 Å². The van der Waals surface area contributed by atoms with E-state index < -0.39 is 0 Å². The number of nitrogens with one attached hydrogen (secondary N) is 1. The van der Waals surface area contributed by atoms with Gasteiger partial charge < -0.3 is 15.0 Å². The van der Waals surface area contributed by atoms with E-state index in [1.807, 2.05) is 33.3 Å². The number of ether oxygens (including phenoxy) is 1. The van der Waals surface area contributed by atoms with E-state index in [0.29, 0.717) is 6.04 Å². The number of anilines is 1. The molecule has 1 N–H and O–H groups in total. The van der Waals surface area contributed by atoms with Crippen LogP contribution in [-0.2, 0) is 0 Å². The van der Waals surface area contributed by atoms with E-state index >= 15 is 0 Å². The summed E-state index contributed by atoms with van der Waals surface area (Å²) in [5, 5.41) is 3.27. The molecule has 0 amide bonds. The lowest BCUT2D eigenvalue weighted by Gasteiger charge is -2.24. The van der Waals surface area contributed by atoms with E-state index in [2.05, 4.69) is 36.2 Å². The Morgan fingerprint density at radius 1 is 1.35 bits per heavy atom. The minimum atomic E-state index is 0.169. The van der Waals surface area contributed by atoms with Crippen LogP contribution in [0.2, 0.25) is 0 Å². The predicted molar refractivity (Wildman–Crippen MR) is 74.0 cm³/mol. The van der Waals surface area contributed by atoms with Gasteiger partial charge in [-0.1, -0.05) is 13.0 Å². The number of likely N-dealkylation sites (N-methyl/N-ethyl adjacent to an activating group) is 1. The van der Waals surface area contributed by atoms with Crippen molar-refractivity contribution in [2.75, 3.05) is 26.0 Å². The lowest BCUT2D eigenvalue weighted by atomic mass is 10.1. The zero-order valence-corrected chi connectivity index (χ0v) is 11.5. The van der Waals surface area contributed by atoms with Gasteiger partial charge in [0.15, 0.2) is 0 Å². The molecule has 0 aliphatic heterocycles. The van der Waals surface area contributed by atoms with Crippen molar-refractivity contribution in [2.45, 2.75) is 32.4 Å². The Hall–Kier alpha value is -1.22. The lowest BCUT2D eigenvalue weighted by Crippen LogP contribution is -2.38. The summed E-state index contributed by atoms with van der Waals surface area (Å²) in [4.78, 5) is 2.08. The van der Waals surface area contributed by atoms with Crippen molar-refractivity contribution in [3.05, 3.63) is 24.3 Å². The summed E-state index contributed by atoms with van der Waals surface area (Å²) >= 11 is 0.